The smallest absolute Gasteiger partial charge is 0.246 e. The Bertz CT molecular complexity index is 852. The normalized spacial score (nSPS) is 10.5. The standard InChI is InChI=1S/C19H19N3O3S/c1-24-16-9-5-8-15(10-16)19-21-18(25-22-19)11-20-17(23)13-26-12-14-6-3-2-4-7-14/h2-10H,11-13H2,1H3,(H,20,23). The van der Waals surface area contributed by atoms with Crippen molar-refractivity contribution in [2.75, 3.05) is 12.9 Å². The van der Waals surface area contributed by atoms with Crippen molar-refractivity contribution < 1.29 is 14.1 Å². The molecule has 1 N–H and O–H groups in total. The molecule has 0 bridgehead atoms. The number of methoxy groups -OCH3 is 1. The minimum Gasteiger partial charge on any atom is -0.497 e. The molecule has 0 unspecified atom stereocenters. The number of aromatic nitrogens is 2. The number of carbonyl (C=O) groups is 1. The Hall–Kier alpha value is -2.80. The van der Waals surface area contributed by atoms with Gasteiger partial charge in [0.2, 0.25) is 17.6 Å². The Balaban J connectivity index is 1.46. The van der Waals surface area contributed by atoms with Crippen molar-refractivity contribution in [3.05, 3.63) is 66.1 Å². The number of benzene rings is 2. The third-order valence-corrected chi connectivity index (χ3v) is 4.58. The van der Waals surface area contributed by atoms with Crippen molar-refractivity contribution in [2.24, 2.45) is 0 Å². The summed E-state index contributed by atoms with van der Waals surface area (Å²) in [4.78, 5) is 16.2. The van der Waals surface area contributed by atoms with E-state index in [2.05, 4.69) is 15.5 Å². The minimum atomic E-state index is -0.0629. The van der Waals surface area contributed by atoms with Gasteiger partial charge in [-0.1, -0.05) is 47.6 Å². The van der Waals surface area contributed by atoms with Crippen molar-refractivity contribution in [3.8, 4) is 17.1 Å². The van der Waals surface area contributed by atoms with Gasteiger partial charge >= 0.3 is 0 Å². The topological polar surface area (TPSA) is 77.3 Å². The minimum absolute atomic E-state index is 0.0629. The van der Waals surface area contributed by atoms with E-state index in [0.29, 0.717) is 17.5 Å². The lowest BCUT2D eigenvalue weighted by molar-refractivity contribution is -0.118. The van der Waals surface area contributed by atoms with E-state index in [-0.39, 0.29) is 12.5 Å². The van der Waals surface area contributed by atoms with Gasteiger partial charge in [-0.15, -0.1) is 11.8 Å². The summed E-state index contributed by atoms with van der Waals surface area (Å²) in [7, 11) is 1.60. The highest BCUT2D eigenvalue weighted by Crippen LogP contribution is 2.21. The van der Waals surface area contributed by atoms with Crippen LogP contribution in [0, 0.1) is 0 Å². The molecule has 0 fully saturated rings. The van der Waals surface area contributed by atoms with Crippen molar-refractivity contribution in [2.45, 2.75) is 12.3 Å². The van der Waals surface area contributed by atoms with E-state index in [0.717, 1.165) is 17.1 Å². The van der Waals surface area contributed by atoms with Crippen LogP contribution < -0.4 is 10.1 Å². The summed E-state index contributed by atoms with van der Waals surface area (Å²) < 4.78 is 10.4. The van der Waals surface area contributed by atoms with Gasteiger partial charge in [0.25, 0.3) is 0 Å². The van der Waals surface area contributed by atoms with Gasteiger partial charge in [-0.3, -0.25) is 4.79 Å². The van der Waals surface area contributed by atoms with Gasteiger partial charge in [-0.05, 0) is 17.7 Å². The van der Waals surface area contributed by atoms with E-state index >= 15 is 0 Å². The Morgan fingerprint density at radius 1 is 1.19 bits per heavy atom. The quantitative estimate of drug-likeness (QED) is 0.656. The van der Waals surface area contributed by atoms with Crippen LogP contribution in [-0.4, -0.2) is 28.9 Å². The lowest BCUT2D eigenvalue weighted by atomic mass is 10.2. The fraction of sp³-hybridized carbons (Fsp3) is 0.211. The first-order chi connectivity index (χ1) is 12.7. The second-order valence-corrected chi connectivity index (χ2v) is 6.48. The molecule has 0 spiro atoms. The highest BCUT2D eigenvalue weighted by molar-refractivity contribution is 7.99. The summed E-state index contributed by atoms with van der Waals surface area (Å²) in [6.07, 6.45) is 0. The first-order valence-corrected chi connectivity index (χ1v) is 9.25. The third kappa shape index (κ3) is 5.10. The maximum Gasteiger partial charge on any atom is 0.246 e. The van der Waals surface area contributed by atoms with E-state index in [1.54, 1.807) is 18.9 Å². The van der Waals surface area contributed by atoms with Gasteiger partial charge < -0.3 is 14.6 Å². The summed E-state index contributed by atoms with van der Waals surface area (Å²) in [5.74, 6) is 2.67. The Morgan fingerprint density at radius 3 is 2.85 bits per heavy atom. The average Bonchev–Trinajstić information content (AvgIpc) is 3.16. The molecule has 0 aliphatic heterocycles. The largest absolute Gasteiger partial charge is 0.497 e. The Morgan fingerprint density at radius 2 is 2.04 bits per heavy atom. The van der Waals surface area contributed by atoms with Crippen molar-refractivity contribution in [3.63, 3.8) is 0 Å². The summed E-state index contributed by atoms with van der Waals surface area (Å²) in [5, 5.41) is 6.74. The fourth-order valence-electron chi connectivity index (χ4n) is 2.27. The zero-order valence-electron chi connectivity index (χ0n) is 14.3. The van der Waals surface area contributed by atoms with Crippen molar-refractivity contribution >= 4 is 17.7 Å². The number of amides is 1. The van der Waals surface area contributed by atoms with Crippen LogP contribution in [0.4, 0.5) is 0 Å². The van der Waals surface area contributed by atoms with E-state index in [4.69, 9.17) is 9.26 Å². The van der Waals surface area contributed by atoms with Crippen LogP contribution >= 0.6 is 11.8 Å². The van der Waals surface area contributed by atoms with E-state index < -0.39 is 0 Å². The molecule has 0 aliphatic rings. The molecular weight excluding hydrogens is 350 g/mol. The predicted octanol–water partition coefficient (Wildman–Crippen LogP) is 3.29. The van der Waals surface area contributed by atoms with E-state index in [1.165, 1.54) is 5.56 Å². The monoisotopic (exact) mass is 369 g/mol. The molecule has 0 radical (unpaired) electrons. The average molecular weight is 369 g/mol. The molecule has 2 aromatic carbocycles. The third-order valence-electron chi connectivity index (χ3n) is 3.58. The van der Waals surface area contributed by atoms with Crippen LogP contribution in [0.3, 0.4) is 0 Å². The number of rotatable bonds is 8. The second-order valence-electron chi connectivity index (χ2n) is 5.50. The Labute approximate surface area is 156 Å². The summed E-state index contributed by atoms with van der Waals surface area (Å²) in [5.41, 5.74) is 1.99. The highest BCUT2D eigenvalue weighted by Gasteiger charge is 2.10. The summed E-state index contributed by atoms with van der Waals surface area (Å²) in [6.45, 7) is 0.210. The molecule has 0 aliphatic carbocycles. The second kappa shape index (κ2) is 9.05. The molecule has 3 aromatic rings. The molecule has 0 saturated heterocycles. The lowest BCUT2D eigenvalue weighted by Crippen LogP contribution is -2.24. The number of nitrogens with zero attached hydrogens (tertiary/aromatic N) is 2. The molecule has 0 atom stereocenters. The van der Waals surface area contributed by atoms with Crippen LogP contribution in [0.5, 0.6) is 5.75 Å². The SMILES string of the molecule is COc1cccc(-c2noc(CNC(=O)CSCc3ccccc3)n2)c1. The lowest BCUT2D eigenvalue weighted by Gasteiger charge is -2.03. The maximum atomic E-state index is 11.9. The van der Waals surface area contributed by atoms with Gasteiger partial charge in [0.1, 0.15) is 5.75 Å². The van der Waals surface area contributed by atoms with Crippen molar-refractivity contribution in [1.82, 2.24) is 15.5 Å². The van der Waals surface area contributed by atoms with Gasteiger partial charge in [-0.25, -0.2) is 0 Å². The molecule has 1 aromatic heterocycles. The molecular formula is C19H19N3O3S. The van der Waals surface area contributed by atoms with Crippen LogP contribution in [0.2, 0.25) is 0 Å². The number of hydrogen-bond donors (Lipinski definition) is 1. The Kier molecular flexibility index (Phi) is 6.27. The van der Waals surface area contributed by atoms with E-state index in [1.807, 2.05) is 54.6 Å². The first-order valence-electron chi connectivity index (χ1n) is 8.10. The molecule has 1 amide bonds. The van der Waals surface area contributed by atoms with Crippen LogP contribution in [0.25, 0.3) is 11.4 Å². The predicted molar refractivity (Wildman–Crippen MR) is 101 cm³/mol. The van der Waals surface area contributed by atoms with Gasteiger partial charge in [0, 0.05) is 11.3 Å². The number of carbonyl (C=O) groups excluding carboxylic acids is 1. The van der Waals surface area contributed by atoms with Crippen molar-refractivity contribution in [1.29, 1.82) is 0 Å². The van der Waals surface area contributed by atoms with Crippen LogP contribution in [-0.2, 0) is 17.1 Å². The number of hydrogen-bond acceptors (Lipinski definition) is 6. The fourth-order valence-corrected chi connectivity index (χ4v) is 3.08. The summed E-state index contributed by atoms with van der Waals surface area (Å²) >= 11 is 1.56. The highest BCUT2D eigenvalue weighted by atomic mass is 32.2. The van der Waals surface area contributed by atoms with Gasteiger partial charge in [0.05, 0.1) is 19.4 Å². The zero-order chi connectivity index (χ0) is 18.2. The first kappa shape index (κ1) is 18.0. The number of nitrogens with one attached hydrogen (secondary N) is 1. The molecule has 0 saturated carbocycles. The van der Waals surface area contributed by atoms with Gasteiger partial charge in [0.15, 0.2) is 0 Å². The molecule has 26 heavy (non-hydrogen) atoms. The molecule has 6 nitrogen and oxygen atoms in total. The summed E-state index contributed by atoms with van der Waals surface area (Å²) in [6, 6.07) is 17.5. The molecule has 1 heterocycles. The molecule has 7 heteroatoms. The molecule has 134 valence electrons. The number of ether oxygens (including phenoxy) is 1. The maximum absolute atomic E-state index is 11.9. The van der Waals surface area contributed by atoms with Crippen LogP contribution in [0.15, 0.2) is 59.1 Å². The molecule has 3 rings (SSSR count). The van der Waals surface area contributed by atoms with Gasteiger partial charge in [-0.2, -0.15) is 4.98 Å². The number of thioether (sulfide) groups is 1. The zero-order valence-corrected chi connectivity index (χ0v) is 15.2. The van der Waals surface area contributed by atoms with E-state index in [9.17, 15) is 4.79 Å². The van der Waals surface area contributed by atoms with Crippen LogP contribution in [0.1, 0.15) is 11.5 Å².